The SMILES string of the molecule is COc1ccc(CNC(=O)CC[C@@H]2CCCN(Cc3ccncc3)C2)c(OC)c1. The highest BCUT2D eigenvalue weighted by Gasteiger charge is 2.20. The van der Waals surface area contributed by atoms with Crippen molar-refractivity contribution in [3.63, 3.8) is 0 Å². The Morgan fingerprint density at radius 2 is 2.03 bits per heavy atom. The number of piperidine rings is 1. The fraction of sp³-hybridized carbons (Fsp3) is 0.478. The number of nitrogens with one attached hydrogen (secondary N) is 1. The van der Waals surface area contributed by atoms with Gasteiger partial charge in [-0.05, 0) is 61.6 Å². The van der Waals surface area contributed by atoms with E-state index in [-0.39, 0.29) is 5.91 Å². The van der Waals surface area contributed by atoms with Crippen molar-refractivity contribution < 1.29 is 14.3 Å². The molecule has 0 aliphatic carbocycles. The van der Waals surface area contributed by atoms with Crippen LogP contribution in [-0.2, 0) is 17.9 Å². The molecule has 0 saturated carbocycles. The quantitative estimate of drug-likeness (QED) is 0.703. The van der Waals surface area contributed by atoms with Crippen molar-refractivity contribution in [2.45, 2.75) is 38.8 Å². The van der Waals surface area contributed by atoms with E-state index in [1.165, 1.54) is 18.4 Å². The van der Waals surface area contributed by atoms with Gasteiger partial charge in [0.25, 0.3) is 0 Å². The van der Waals surface area contributed by atoms with Crippen LogP contribution in [0.25, 0.3) is 0 Å². The molecule has 2 aromatic rings. The second-order valence-corrected chi connectivity index (χ2v) is 7.59. The minimum Gasteiger partial charge on any atom is -0.497 e. The minimum absolute atomic E-state index is 0.0918. The summed E-state index contributed by atoms with van der Waals surface area (Å²) >= 11 is 0. The van der Waals surface area contributed by atoms with Crippen molar-refractivity contribution in [3.8, 4) is 11.5 Å². The molecule has 1 fully saturated rings. The summed E-state index contributed by atoms with van der Waals surface area (Å²) in [7, 11) is 3.25. The van der Waals surface area contributed by atoms with E-state index in [0.717, 1.165) is 43.1 Å². The average molecular weight is 398 g/mol. The molecule has 156 valence electrons. The highest BCUT2D eigenvalue weighted by atomic mass is 16.5. The maximum Gasteiger partial charge on any atom is 0.220 e. The van der Waals surface area contributed by atoms with Gasteiger partial charge in [-0.1, -0.05) is 0 Å². The van der Waals surface area contributed by atoms with Gasteiger partial charge in [0.05, 0.1) is 14.2 Å². The van der Waals surface area contributed by atoms with E-state index >= 15 is 0 Å². The van der Waals surface area contributed by atoms with Crippen LogP contribution >= 0.6 is 0 Å². The first-order valence-electron chi connectivity index (χ1n) is 10.3. The molecular formula is C23H31N3O3. The Morgan fingerprint density at radius 1 is 1.21 bits per heavy atom. The van der Waals surface area contributed by atoms with Crippen LogP contribution in [0.3, 0.4) is 0 Å². The van der Waals surface area contributed by atoms with Gasteiger partial charge in [0, 0.05) is 50.1 Å². The van der Waals surface area contributed by atoms with Gasteiger partial charge in [-0.25, -0.2) is 0 Å². The Balaban J connectivity index is 1.42. The van der Waals surface area contributed by atoms with Crippen molar-refractivity contribution in [3.05, 3.63) is 53.9 Å². The number of benzene rings is 1. The first kappa shape index (κ1) is 21.1. The van der Waals surface area contributed by atoms with Crippen molar-refractivity contribution in [1.29, 1.82) is 0 Å². The molecule has 0 radical (unpaired) electrons. The van der Waals surface area contributed by atoms with Crippen LogP contribution < -0.4 is 14.8 Å². The van der Waals surface area contributed by atoms with Crippen LogP contribution in [0.2, 0.25) is 0 Å². The number of amides is 1. The number of ether oxygens (including phenoxy) is 2. The molecule has 1 aliphatic rings. The zero-order chi connectivity index (χ0) is 20.5. The number of rotatable bonds is 9. The number of carbonyl (C=O) groups is 1. The lowest BCUT2D eigenvalue weighted by Crippen LogP contribution is -2.35. The van der Waals surface area contributed by atoms with Crippen LogP contribution in [0.4, 0.5) is 0 Å². The predicted molar refractivity (Wildman–Crippen MR) is 113 cm³/mol. The lowest BCUT2D eigenvalue weighted by molar-refractivity contribution is -0.121. The number of pyridine rings is 1. The van der Waals surface area contributed by atoms with Crippen molar-refractivity contribution in [2.75, 3.05) is 27.3 Å². The Kier molecular flexibility index (Phi) is 7.87. The van der Waals surface area contributed by atoms with Crippen LogP contribution in [-0.4, -0.2) is 43.1 Å². The zero-order valence-corrected chi connectivity index (χ0v) is 17.4. The fourth-order valence-corrected chi connectivity index (χ4v) is 3.89. The Labute approximate surface area is 173 Å². The number of carbonyl (C=O) groups excluding carboxylic acids is 1. The second-order valence-electron chi connectivity index (χ2n) is 7.59. The molecule has 2 heterocycles. The molecule has 29 heavy (non-hydrogen) atoms. The largest absolute Gasteiger partial charge is 0.497 e. The van der Waals surface area contributed by atoms with Gasteiger partial charge in [0.2, 0.25) is 5.91 Å². The fourth-order valence-electron chi connectivity index (χ4n) is 3.89. The van der Waals surface area contributed by atoms with Crippen molar-refractivity contribution in [2.24, 2.45) is 5.92 Å². The Hall–Kier alpha value is -2.60. The molecule has 3 rings (SSSR count). The Bertz CT molecular complexity index is 782. The highest BCUT2D eigenvalue weighted by molar-refractivity contribution is 5.75. The minimum atomic E-state index is 0.0918. The van der Waals surface area contributed by atoms with Gasteiger partial charge in [0.15, 0.2) is 0 Å². The summed E-state index contributed by atoms with van der Waals surface area (Å²) in [4.78, 5) is 18.9. The smallest absolute Gasteiger partial charge is 0.220 e. The van der Waals surface area contributed by atoms with Crippen LogP contribution in [0.1, 0.15) is 36.8 Å². The van der Waals surface area contributed by atoms with E-state index < -0.39 is 0 Å². The standard InChI is InChI=1S/C23H31N3O3/c1-28-21-7-6-20(22(14-21)29-2)15-25-23(27)8-5-18-4-3-13-26(16-18)17-19-9-11-24-12-10-19/h6-7,9-12,14,18H,3-5,8,13,15-17H2,1-2H3,(H,25,27)/t18-/m0/s1. The molecule has 1 aromatic heterocycles. The molecule has 1 N–H and O–H groups in total. The normalized spacial score (nSPS) is 17.0. The summed E-state index contributed by atoms with van der Waals surface area (Å²) in [6, 6.07) is 9.79. The molecule has 1 atom stereocenters. The molecule has 6 heteroatoms. The summed E-state index contributed by atoms with van der Waals surface area (Å²) in [6.45, 7) is 3.61. The second kappa shape index (κ2) is 10.8. The summed E-state index contributed by atoms with van der Waals surface area (Å²) in [5, 5.41) is 3.02. The topological polar surface area (TPSA) is 63.7 Å². The zero-order valence-electron chi connectivity index (χ0n) is 17.4. The third kappa shape index (κ3) is 6.46. The Morgan fingerprint density at radius 3 is 2.79 bits per heavy atom. The summed E-state index contributed by atoms with van der Waals surface area (Å²) in [6.07, 6.45) is 7.58. The van der Waals surface area contributed by atoms with Crippen LogP contribution in [0.15, 0.2) is 42.7 Å². The summed E-state index contributed by atoms with van der Waals surface area (Å²) in [5.41, 5.74) is 2.25. The van der Waals surface area contributed by atoms with E-state index in [1.54, 1.807) is 14.2 Å². The number of nitrogens with zero attached hydrogens (tertiary/aromatic N) is 2. The molecule has 1 amide bonds. The third-order valence-corrected chi connectivity index (χ3v) is 5.51. The number of hydrogen-bond donors (Lipinski definition) is 1. The molecule has 6 nitrogen and oxygen atoms in total. The summed E-state index contributed by atoms with van der Waals surface area (Å²) < 4.78 is 10.6. The molecule has 0 unspecified atom stereocenters. The molecule has 1 aliphatic heterocycles. The molecular weight excluding hydrogens is 366 g/mol. The third-order valence-electron chi connectivity index (χ3n) is 5.51. The molecule has 1 aromatic carbocycles. The predicted octanol–water partition coefficient (Wildman–Crippen LogP) is 3.41. The highest BCUT2D eigenvalue weighted by Crippen LogP contribution is 2.25. The van der Waals surface area contributed by atoms with E-state index in [4.69, 9.17) is 9.47 Å². The first-order chi connectivity index (χ1) is 14.2. The maximum atomic E-state index is 12.4. The number of hydrogen-bond acceptors (Lipinski definition) is 5. The molecule has 0 bridgehead atoms. The van der Waals surface area contributed by atoms with E-state index in [0.29, 0.717) is 18.9 Å². The van der Waals surface area contributed by atoms with Gasteiger partial charge in [-0.3, -0.25) is 14.7 Å². The van der Waals surface area contributed by atoms with Gasteiger partial charge in [-0.15, -0.1) is 0 Å². The number of likely N-dealkylation sites (tertiary alicyclic amines) is 1. The maximum absolute atomic E-state index is 12.4. The number of aromatic nitrogens is 1. The monoisotopic (exact) mass is 397 g/mol. The van der Waals surface area contributed by atoms with Crippen LogP contribution in [0.5, 0.6) is 11.5 Å². The van der Waals surface area contributed by atoms with Gasteiger partial charge >= 0.3 is 0 Å². The molecule has 1 saturated heterocycles. The van der Waals surface area contributed by atoms with Gasteiger partial charge < -0.3 is 14.8 Å². The lowest BCUT2D eigenvalue weighted by atomic mass is 9.93. The van der Waals surface area contributed by atoms with Gasteiger partial charge in [-0.2, -0.15) is 0 Å². The van der Waals surface area contributed by atoms with Crippen molar-refractivity contribution >= 4 is 5.91 Å². The van der Waals surface area contributed by atoms with E-state index in [9.17, 15) is 4.79 Å². The van der Waals surface area contributed by atoms with Gasteiger partial charge in [0.1, 0.15) is 11.5 Å². The number of methoxy groups -OCH3 is 2. The molecule has 0 spiro atoms. The van der Waals surface area contributed by atoms with Crippen LogP contribution in [0, 0.1) is 5.92 Å². The summed E-state index contributed by atoms with van der Waals surface area (Å²) in [5.74, 6) is 2.13. The van der Waals surface area contributed by atoms with E-state index in [2.05, 4.69) is 27.3 Å². The van der Waals surface area contributed by atoms with E-state index in [1.807, 2.05) is 30.6 Å². The average Bonchev–Trinajstić information content (AvgIpc) is 2.77. The van der Waals surface area contributed by atoms with Crippen molar-refractivity contribution in [1.82, 2.24) is 15.2 Å². The first-order valence-corrected chi connectivity index (χ1v) is 10.3. The lowest BCUT2D eigenvalue weighted by Gasteiger charge is -2.32.